The largest absolute Gasteiger partial charge is 0.466 e. The summed E-state index contributed by atoms with van der Waals surface area (Å²) in [5, 5.41) is 0. The smallest absolute Gasteiger partial charge is 0.305 e. The van der Waals surface area contributed by atoms with Crippen LogP contribution in [0.3, 0.4) is 0 Å². The molecule has 0 N–H and O–H groups in total. The van der Waals surface area contributed by atoms with Gasteiger partial charge in [-0.2, -0.15) is 0 Å². The minimum absolute atomic E-state index is 0.00878. The molecule has 46 heavy (non-hydrogen) atoms. The molecule has 0 aromatic carbocycles. The summed E-state index contributed by atoms with van der Waals surface area (Å²) < 4.78 is 5.64. The highest BCUT2D eigenvalue weighted by Crippen LogP contribution is 2.27. The number of carbonyl (C=O) groups is 2. The van der Waals surface area contributed by atoms with Crippen molar-refractivity contribution < 1.29 is 14.3 Å². The predicted octanol–water partition coefficient (Wildman–Crippen LogP) is 12.7. The topological polar surface area (TPSA) is 46.6 Å². The van der Waals surface area contributed by atoms with Gasteiger partial charge in [0.15, 0.2) is 0 Å². The highest BCUT2D eigenvalue weighted by atomic mass is 16.5. The summed E-state index contributed by atoms with van der Waals surface area (Å²) in [4.78, 5) is 27.9. The van der Waals surface area contributed by atoms with Gasteiger partial charge in [-0.3, -0.25) is 9.59 Å². The van der Waals surface area contributed by atoms with Crippen molar-refractivity contribution in [2.24, 2.45) is 17.8 Å². The second-order valence-electron chi connectivity index (χ2n) is 15.3. The zero-order chi connectivity index (χ0) is 33.5. The lowest BCUT2D eigenvalue weighted by Gasteiger charge is -2.29. The third-order valence-corrected chi connectivity index (χ3v) is 10.8. The summed E-state index contributed by atoms with van der Waals surface area (Å²) in [5.74, 6) is 2.19. The van der Waals surface area contributed by atoms with E-state index in [2.05, 4.69) is 32.7 Å². The van der Waals surface area contributed by atoms with E-state index < -0.39 is 0 Å². The monoisotopic (exact) mass is 648 g/mol. The second-order valence-corrected chi connectivity index (χ2v) is 15.3. The molecule has 1 saturated heterocycles. The molecule has 4 heteroatoms. The molecule has 1 heterocycles. The van der Waals surface area contributed by atoms with Crippen LogP contribution in [0.2, 0.25) is 0 Å². The zero-order valence-corrected chi connectivity index (χ0v) is 31.7. The Morgan fingerprint density at radius 1 is 0.565 bits per heavy atom. The fourth-order valence-corrected chi connectivity index (χ4v) is 7.49. The molecule has 1 fully saturated rings. The quantitative estimate of drug-likeness (QED) is 0.0525. The number of likely N-dealkylation sites (tertiary alicyclic amines) is 1. The lowest BCUT2D eigenvalue weighted by Crippen LogP contribution is -2.34. The predicted molar refractivity (Wildman–Crippen MR) is 199 cm³/mol. The first kappa shape index (κ1) is 43.1. The van der Waals surface area contributed by atoms with E-state index in [1.165, 1.54) is 148 Å². The van der Waals surface area contributed by atoms with E-state index in [1.807, 2.05) is 0 Å². The van der Waals surface area contributed by atoms with Crippen molar-refractivity contribution in [3.63, 3.8) is 0 Å². The number of hydrogen-bond donors (Lipinski definition) is 0. The van der Waals surface area contributed by atoms with Crippen molar-refractivity contribution in [3.05, 3.63) is 0 Å². The Bertz CT molecular complexity index is 676. The lowest BCUT2D eigenvalue weighted by molar-refractivity contribution is -0.144. The maximum Gasteiger partial charge on any atom is 0.305 e. The third kappa shape index (κ3) is 25.2. The van der Waals surface area contributed by atoms with Crippen LogP contribution in [0.15, 0.2) is 0 Å². The van der Waals surface area contributed by atoms with Gasteiger partial charge in [-0.05, 0) is 57.7 Å². The first-order chi connectivity index (χ1) is 22.5. The fourth-order valence-electron chi connectivity index (χ4n) is 7.49. The summed E-state index contributed by atoms with van der Waals surface area (Å²) in [6, 6.07) is 0. The molecule has 0 spiro atoms. The number of Topliss-reactive ketones (excluding diaryl/α,β-unsaturated/α-hetero) is 1. The van der Waals surface area contributed by atoms with Crippen molar-refractivity contribution in [2.45, 2.75) is 213 Å². The van der Waals surface area contributed by atoms with Crippen molar-refractivity contribution in [1.82, 2.24) is 4.90 Å². The Balaban J connectivity index is 2.22. The van der Waals surface area contributed by atoms with Crippen molar-refractivity contribution >= 4 is 11.8 Å². The van der Waals surface area contributed by atoms with Crippen LogP contribution < -0.4 is 0 Å². The average Bonchev–Trinajstić information content (AvgIpc) is 3.05. The third-order valence-electron chi connectivity index (χ3n) is 10.8. The molecule has 1 atom stereocenters. The normalized spacial score (nSPS) is 15.1. The maximum absolute atomic E-state index is 13.2. The minimum atomic E-state index is 0.00878. The van der Waals surface area contributed by atoms with Gasteiger partial charge in [-0.25, -0.2) is 0 Å². The second kappa shape index (κ2) is 31.4. The van der Waals surface area contributed by atoms with E-state index in [0.717, 1.165) is 57.5 Å². The lowest BCUT2D eigenvalue weighted by atomic mass is 9.84. The number of carbonyl (C=O) groups excluding carboxylic acids is 2. The highest BCUT2D eigenvalue weighted by molar-refractivity contribution is 5.81. The molecule has 1 aliphatic rings. The van der Waals surface area contributed by atoms with Crippen LogP contribution in [0.25, 0.3) is 0 Å². The number of ketones is 1. The van der Waals surface area contributed by atoms with Gasteiger partial charge in [0.2, 0.25) is 0 Å². The van der Waals surface area contributed by atoms with Gasteiger partial charge in [-0.15, -0.1) is 0 Å². The molecule has 0 aliphatic carbocycles. The van der Waals surface area contributed by atoms with E-state index >= 15 is 0 Å². The summed E-state index contributed by atoms with van der Waals surface area (Å²) >= 11 is 0. The summed E-state index contributed by atoms with van der Waals surface area (Å²) in [5.41, 5.74) is 0. The molecule has 0 radical (unpaired) electrons. The summed E-state index contributed by atoms with van der Waals surface area (Å²) in [7, 11) is 2.18. The number of nitrogens with zero attached hydrogens (tertiary/aromatic N) is 1. The first-order valence-corrected chi connectivity index (χ1v) is 20.9. The number of piperidine rings is 1. The molecule has 0 aromatic rings. The molecule has 1 rings (SSSR count). The van der Waals surface area contributed by atoms with Crippen LogP contribution in [0, 0.1) is 17.8 Å². The molecular weight excluding hydrogens is 566 g/mol. The Labute approximate surface area is 288 Å². The molecule has 4 nitrogen and oxygen atoms in total. The Morgan fingerprint density at radius 2 is 0.978 bits per heavy atom. The van der Waals surface area contributed by atoms with Gasteiger partial charge < -0.3 is 9.64 Å². The van der Waals surface area contributed by atoms with Crippen molar-refractivity contribution in [1.29, 1.82) is 0 Å². The summed E-state index contributed by atoms with van der Waals surface area (Å²) in [6.45, 7) is 9.60. The van der Waals surface area contributed by atoms with E-state index in [1.54, 1.807) is 0 Å². The van der Waals surface area contributed by atoms with Crippen LogP contribution in [-0.2, 0) is 14.3 Å². The number of ether oxygens (including phenoxy) is 1. The van der Waals surface area contributed by atoms with E-state index in [0.29, 0.717) is 30.6 Å². The van der Waals surface area contributed by atoms with Crippen LogP contribution in [0.5, 0.6) is 0 Å². The number of rotatable bonds is 33. The van der Waals surface area contributed by atoms with Crippen LogP contribution in [0.1, 0.15) is 213 Å². The molecule has 1 unspecified atom stereocenters. The van der Waals surface area contributed by atoms with Crippen LogP contribution in [-0.4, -0.2) is 43.4 Å². The molecule has 272 valence electrons. The van der Waals surface area contributed by atoms with Gasteiger partial charge in [-0.1, -0.05) is 175 Å². The number of unbranched alkanes of at least 4 members (excludes halogenated alkanes) is 17. The Kier molecular flexibility index (Phi) is 29.4. The first-order valence-electron chi connectivity index (χ1n) is 20.9. The minimum Gasteiger partial charge on any atom is -0.466 e. The molecule has 0 aromatic heterocycles. The maximum atomic E-state index is 13.2. The molecule has 0 saturated carbocycles. The van der Waals surface area contributed by atoms with Crippen LogP contribution in [0.4, 0.5) is 0 Å². The summed E-state index contributed by atoms with van der Waals surface area (Å²) in [6.07, 6.45) is 36.8. The van der Waals surface area contributed by atoms with Gasteiger partial charge in [0.05, 0.1) is 6.61 Å². The Hall–Kier alpha value is -0.900. The van der Waals surface area contributed by atoms with Crippen molar-refractivity contribution in [3.8, 4) is 0 Å². The molecule has 0 bridgehead atoms. The fraction of sp³-hybridized carbons (Fsp3) is 0.952. The van der Waals surface area contributed by atoms with Crippen LogP contribution >= 0.6 is 0 Å². The van der Waals surface area contributed by atoms with Gasteiger partial charge >= 0.3 is 5.97 Å². The Morgan fingerprint density at radius 3 is 1.50 bits per heavy atom. The van der Waals surface area contributed by atoms with Crippen molar-refractivity contribution in [2.75, 3.05) is 26.7 Å². The van der Waals surface area contributed by atoms with Gasteiger partial charge in [0.1, 0.15) is 5.78 Å². The molecule has 0 amide bonds. The molecule has 1 aliphatic heterocycles. The number of esters is 1. The average molecular weight is 648 g/mol. The van der Waals surface area contributed by atoms with E-state index in [-0.39, 0.29) is 5.97 Å². The van der Waals surface area contributed by atoms with E-state index in [9.17, 15) is 9.59 Å². The zero-order valence-electron chi connectivity index (χ0n) is 31.7. The van der Waals surface area contributed by atoms with E-state index in [4.69, 9.17) is 4.74 Å². The molecular formula is C42H81NO3. The highest BCUT2D eigenvalue weighted by Gasteiger charge is 2.25. The number of hydrogen-bond acceptors (Lipinski definition) is 4. The SMILES string of the molecule is CCCCCCCCCCCC(CCCCCCCCC(=O)OCCC(CCCCC)CCCCC)CC(=O)C1CCN(C)CC1. The standard InChI is InChI=1S/C42H81NO3/c1-5-8-11-12-13-14-15-18-23-28-39(37-41(44)40-31-34-43(4)35-32-40)29-24-19-16-17-20-25-30-42(45)46-36-33-38(26-21-9-6-2)27-22-10-7-3/h38-40H,5-37H2,1-4H3. The van der Waals surface area contributed by atoms with Gasteiger partial charge in [0.25, 0.3) is 0 Å². The van der Waals surface area contributed by atoms with Gasteiger partial charge in [0, 0.05) is 18.8 Å².